The lowest BCUT2D eigenvalue weighted by atomic mass is 10.2. The van der Waals surface area contributed by atoms with Crippen LogP contribution in [-0.2, 0) is 22.0 Å². The molecule has 5 nitrogen and oxygen atoms in total. The summed E-state index contributed by atoms with van der Waals surface area (Å²) in [6.45, 7) is 0. The molecule has 0 fully saturated rings. The van der Waals surface area contributed by atoms with Crippen LogP contribution in [0.15, 0.2) is 6.07 Å². The van der Waals surface area contributed by atoms with Crippen molar-refractivity contribution in [2.45, 2.75) is 12.2 Å². The predicted octanol–water partition coefficient (Wildman–Crippen LogP) is -0.0108. The van der Waals surface area contributed by atoms with Crippen molar-refractivity contribution < 1.29 is 8.42 Å². The molecule has 1 aliphatic heterocycles. The first-order chi connectivity index (χ1) is 6.61. The number of aromatic nitrogens is 2. The van der Waals surface area contributed by atoms with Gasteiger partial charge in [0.1, 0.15) is 5.82 Å². The molecule has 0 radical (unpaired) electrons. The molecule has 0 aliphatic carbocycles. The molecule has 2 heterocycles. The predicted molar refractivity (Wildman–Crippen MR) is 52.8 cm³/mol. The second-order valence-corrected chi connectivity index (χ2v) is 5.48. The van der Waals surface area contributed by atoms with Gasteiger partial charge in [-0.3, -0.25) is 0 Å². The van der Waals surface area contributed by atoms with Crippen molar-refractivity contribution in [2.24, 2.45) is 0 Å². The molecule has 1 aromatic heterocycles. The highest BCUT2D eigenvalue weighted by Gasteiger charge is 2.22. The van der Waals surface area contributed by atoms with E-state index in [-0.39, 0.29) is 11.5 Å². The first kappa shape index (κ1) is 9.39. The summed E-state index contributed by atoms with van der Waals surface area (Å²) >= 11 is 0. The van der Waals surface area contributed by atoms with Gasteiger partial charge in [-0.25, -0.2) is 8.42 Å². The van der Waals surface area contributed by atoms with Crippen LogP contribution in [-0.4, -0.2) is 31.4 Å². The first-order valence-electron chi connectivity index (χ1n) is 4.34. The maximum absolute atomic E-state index is 11.3. The number of sulfone groups is 1. The molecule has 0 spiro atoms. The van der Waals surface area contributed by atoms with E-state index in [0.717, 1.165) is 11.3 Å². The van der Waals surface area contributed by atoms with Crippen LogP contribution in [0.3, 0.4) is 0 Å². The summed E-state index contributed by atoms with van der Waals surface area (Å²) < 4.78 is 22.7. The summed E-state index contributed by atoms with van der Waals surface area (Å²) in [4.78, 5) is 0. The Balaban J connectivity index is 2.44. The summed E-state index contributed by atoms with van der Waals surface area (Å²) in [7, 11) is -1.19. The number of anilines is 1. The van der Waals surface area contributed by atoms with Crippen molar-refractivity contribution in [3.05, 3.63) is 17.3 Å². The smallest absolute Gasteiger partial charge is 0.154 e. The van der Waals surface area contributed by atoms with E-state index in [9.17, 15) is 8.42 Å². The third kappa shape index (κ3) is 1.70. The van der Waals surface area contributed by atoms with Gasteiger partial charge in [-0.1, -0.05) is 0 Å². The maximum atomic E-state index is 11.3. The van der Waals surface area contributed by atoms with Crippen LogP contribution in [0.2, 0.25) is 0 Å². The Kier molecular flexibility index (Phi) is 2.14. The number of hydrogen-bond donors (Lipinski definition) is 1. The SMILES string of the molecule is CNc1cc2c(nn1)CCS(=O)(=O)C2. The van der Waals surface area contributed by atoms with Gasteiger partial charge in [0.05, 0.1) is 17.2 Å². The van der Waals surface area contributed by atoms with Crippen LogP contribution in [0.5, 0.6) is 0 Å². The Morgan fingerprint density at radius 2 is 2.21 bits per heavy atom. The van der Waals surface area contributed by atoms with Crippen molar-refractivity contribution in [3.8, 4) is 0 Å². The van der Waals surface area contributed by atoms with E-state index < -0.39 is 9.84 Å². The van der Waals surface area contributed by atoms with E-state index in [2.05, 4.69) is 15.5 Å². The zero-order valence-corrected chi connectivity index (χ0v) is 8.63. The van der Waals surface area contributed by atoms with E-state index in [0.29, 0.717) is 12.2 Å². The van der Waals surface area contributed by atoms with Crippen molar-refractivity contribution in [2.75, 3.05) is 18.1 Å². The minimum absolute atomic E-state index is 0.0898. The van der Waals surface area contributed by atoms with Crippen molar-refractivity contribution >= 4 is 15.7 Å². The van der Waals surface area contributed by atoms with E-state index in [1.54, 1.807) is 13.1 Å². The number of aryl methyl sites for hydroxylation is 1. The van der Waals surface area contributed by atoms with Crippen LogP contribution in [0.25, 0.3) is 0 Å². The largest absolute Gasteiger partial charge is 0.372 e. The topological polar surface area (TPSA) is 72.0 Å². The Labute approximate surface area is 82.5 Å². The van der Waals surface area contributed by atoms with Crippen molar-refractivity contribution in [1.29, 1.82) is 0 Å². The molecule has 1 aliphatic rings. The van der Waals surface area contributed by atoms with Gasteiger partial charge in [0.2, 0.25) is 0 Å². The zero-order chi connectivity index (χ0) is 10.2. The average molecular weight is 213 g/mol. The van der Waals surface area contributed by atoms with E-state index in [1.807, 2.05) is 0 Å². The Bertz CT molecular complexity index is 456. The molecule has 0 aromatic carbocycles. The second-order valence-electron chi connectivity index (χ2n) is 3.29. The lowest BCUT2D eigenvalue weighted by Crippen LogP contribution is -2.20. The summed E-state index contributed by atoms with van der Waals surface area (Å²) in [6, 6.07) is 1.75. The number of rotatable bonds is 1. The molecular weight excluding hydrogens is 202 g/mol. The molecule has 14 heavy (non-hydrogen) atoms. The zero-order valence-electron chi connectivity index (χ0n) is 7.82. The molecule has 0 amide bonds. The van der Waals surface area contributed by atoms with Gasteiger partial charge in [-0.2, -0.15) is 5.10 Å². The highest BCUT2D eigenvalue weighted by atomic mass is 32.2. The lowest BCUT2D eigenvalue weighted by molar-refractivity contribution is 0.590. The van der Waals surface area contributed by atoms with E-state index >= 15 is 0 Å². The lowest BCUT2D eigenvalue weighted by Gasteiger charge is -2.14. The van der Waals surface area contributed by atoms with Crippen molar-refractivity contribution in [3.63, 3.8) is 0 Å². The second kappa shape index (κ2) is 3.20. The molecule has 1 aromatic rings. The fraction of sp³-hybridized carbons (Fsp3) is 0.500. The van der Waals surface area contributed by atoms with Crippen LogP contribution in [0.1, 0.15) is 11.3 Å². The Hall–Kier alpha value is -1.17. The summed E-state index contributed by atoms with van der Waals surface area (Å²) in [5.74, 6) is 0.890. The van der Waals surface area contributed by atoms with Crippen LogP contribution >= 0.6 is 0 Å². The van der Waals surface area contributed by atoms with Crippen LogP contribution in [0.4, 0.5) is 5.82 Å². The molecule has 0 saturated heterocycles. The highest BCUT2D eigenvalue weighted by Crippen LogP contribution is 2.19. The van der Waals surface area contributed by atoms with E-state index in [4.69, 9.17) is 0 Å². The number of hydrogen-bond acceptors (Lipinski definition) is 5. The number of fused-ring (bicyclic) bond motifs is 1. The third-order valence-electron chi connectivity index (χ3n) is 2.24. The minimum Gasteiger partial charge on any atom is -0.372 e. The monoisotopic (exact) mass is 213 g/mol. The molecule has 0 atom stereocenters. The van der Waals surface area contributed by atoms with Gasteiger partial charge in [0, 0.05) is 13.5 Å². The molecular formula is C8H11N3O2S. The van der Waals surface area contributed by atoms with Crippen molar-refractivity contribution in [1.82, 2.24) is 10.2 Å². The van der Waals surface area contributed by atoms with Gasteiger partial charge in [0.15, 0.2) is 9.84 Å². The molecule has 1 N–H and O–H groups in total. The van der Waals surface area contributed by atoms with Gasteiger partial charge < -0.3 is 5.32 Å². The fourth-order valence-corrected chi connectivity index (χ4v) is 2.85. The van der Waals surface area contributed by atoms with E-state index in [1.165, 1.54) is 0 Å². The maximum Gasteiger partial charge on any atom is 0.154 e. The van der Waals surface area contributed by atoms with Gasteiger partial charge in [-0.15, -0.1) is 5.10 Å². The standard InChI is InChI=1S/C8H11N3O2S/c1-9-8-4-6-5-14(12,13)3-2-7(6)10-11-8/h4H,2-3,5H2,1H3,(H,9,11). The normalized spacial score (nSPS) is 18.6. The van der Waals surface area contributed by atoms with Crippen LogP contribution < -0.4 is 5.32 Å². The molecule has 0 saturated carbocycles. The summed E-state index contributed by atoms with van der Waals surface area (Å²) in [5, 5.41) is 10.7. The van der Waals surface area contributed by atoms with Gasteiger partial charge >= 0.3 is 0 Å². The third-order valence-corrected chi connectivity index (χ3v) is 3.82. The summed E-state index contributed by atoms with van der Waals surface area (Å²) in [5.41, 5.74) is 1.58. The van der Waals surface area contributed by atoms with Crippen LogP contribution in [0, 0.1) is 0 Å². The molecule has 0 unspecified atom stereocenters. The molecule has 76 valence electrons. The van der Waals surface area contributed by atoms with Gasteiger partial charge in [-0.05, 0) is 11.6 Å². The molecule has 6 heteroatoms. The fourth-order valence-electron chi connectivity index (χ4n) is 1.47. The Morgan fingerprint density at radius 1 is 1.43 bits per heavy atom. The molecule has 2 rings (SSSR count). The van der Waals surface area contributed by atoms with Gasteiger partial charge in [0.25, 0.3) is 0 Å². The number of nitrogens with one attached hydrogen (secondary N) is 1. The summed E-state index contributed by atoms with van der Waals surface area (Å²) in [6.07, 6.45) is 0.481. The molecule has 0 bridgehead atoms. The number of nitrogens with zero attached hydrogens (tertiary/aromatic N) is 2. The quantitative estimate of drug-likeness (QED) is 0.710. The average Bonchev–Trinajstić information content (AvgIpc) is 2.15. The highest BCUT2D eigenvalue weighted by molar-refractivity contribution is 7.90. The Morgan fingerprint density at radius 3 is 2.93 bits per heavy atom. The first-order valence-corrected chi connectivity index (χ1v) is 6.16. The minimum atomic E-state index is -2.92.